The zero-order valence-corrected chi connectivity index (χ0v) is 9.65. The molecule has 2 N–H and O–H groups in total. The van der Waals surface area contributed by atoms with Crippen LogP contribution in [0.4, 0.5) is 0 Å². The molecule has 1 aromatic carbocycles. The molecular formula is C13H18N2O. The quantitative estimate of drug-likeness (QED) is 0.820. The summed E-state index contributed by atoms with van der Waals surface area (Å²) >= 11 is 0. The van der Waals surface area contributed by atoms with Gasteiger partial charge in [-0.05, 0) is 30.9 Å². The molecule has 1 atom stereocenters. The summed E-state index contributed by atoms with van der Waals surface area (Å²) in [4.78, 5) is 13.6. The number of hydrogen-bond donors (Lipinski definition) is 1. The Hall–Kier alpha value is -1.35. The van der Waals surface area contributed by atoms with Crippen molar-refractivity contribution in [1.29, 1.82) is 0 Å². The largest absolute Gasteiger partial charge is 0.335 e. The monoisotopic (exact) mass is 218 g/mol. The second kappa shape index (κ2) is 4.66. The van der Waals surface area contributed by atoms with Crippen LogP contribution in [-0.4, -0.2) is 23.9 Å². The van der Waals surface area contributed by atoms with Crippen LogP contribution in [0.25, 0.3) is 0 Å². The molecular weight excluding hydrogens is 200 g/mol. The summed E-state index contributed by atoms with van der Waals surface area (Å²) in [5.41, 5.74) is 7.96. The van der Waals surface area contributed by atoms with Crippen LogP contribution in [0, 0.1) is 6.92 Å². The van der Waals surface area contributed by atoms with Gasteiger partial charge >= 0.3 is 0 Å². The SMILES string of the molecule is Cc1ccccc1C1CCCN1C(=O)CN. The summed E-state index contributed by atoms with van der Waals surface area (Å²) in [7, 11) is 0. The Morgan fingerprint density at radius 3 is 2.94 bits per heavy atom. The summed E-state index contributed by atoms with van der Waals surface area (Å²) < 4.78 is 0. The fourth-order valence-corrected chi connectivity index (χ4v) is 2.47. The van der Waals surface area contributed by atoms with Crippen LogP contribution < -0.4 is 5.73 Å². The lowest BCUT2D eigenvalue weighted by atomic mass is 9.99. The van der Waals surface area contributed by atoms with Gasteiger partial charge in [-0.3, -0.25) is 4.79 Å². The number of hydrogen-bond acceptors (Lipinski definition) is 2. The summed E-state index contributed by atoms with van der Waals surface area (Å²) in [5, 5.41) is 0. The van der Waals surface area contributed by atoms with Gasteiger partial charge in [-0.15, -0.1) is 0 Å². The first kappa shape index (κ1) is 11.1. The van der Waals surface area contributed by atoms with Gasteiger partial charge in [-0.1, -0.05) is 24.3 Å². The molecule has 0 saturated carbocycles. The number of nitrogens with two attached hydrogens (primary N) is 1. The van der Waals surface area contributed by atoms with Crippen LogP contribution in [0.2, 0.25) is 0 Å². The van der Waals surface area contributed by atoms with Crippen LogP contribution >= 0.6 is 0 Å². The Morgan fingerprint density at radius 2 is 2.25 bits per heavy atom. The smallest absolute Gasteiger partial charge is 0.236 e. The first-order valence-electron chi connectivity index (χ1n) is 5.79. The van der Waals surface area contributed by atoms with E-state index in [4.69, 9.17) is 5.73 Å². The minimum atomic E-state index is 0.0609. The van der Waals surface area contributed by atoms with Crippen molar-refractivity contribution in [2.75, 3.05) is 13.1 Å². The van der Waals surface area contributed by atoms with Crippen molar-refractivity contribution in [2.45, 2.75) is 25.8 Å². The third kappa shape index (κ3) is 1.95. The van der Waals surface area contributed by atoms with Gasteiger partial charge in [0, 0.05) is 6.54 Å². The molecule has 1 fully saturated rings. The Labute approximate surface area is 96.2 Å². The molecule has 1 aromatic rings. The number of nitrogens with zero attached hydrogens (tertiary/aromatic N) is 1. The molecule has 1 aliphatic rings. The Kier molecular flexibility index (Phi) is 3.25. The summed E-state index contributed by atoms with van der Waals surface area (Å²) in [6.45, 7) is 3.05. The summed E-state index contributed by atoms with van der Waals surface area (Å²) in [6.07, 6.45) is 2.13. The first-order chi connectivity index (χ1) is 7.74. The molecule has 1 saturated heterocycles. The molecule has 1 aliphatic heterocycles. The number of aryl methyl sites for hydroxylation is 1. The van der Waals surface area contributed by atoms with Gasteiger partial charge in [0.05, 0.1) is 12.6 Å². The van der Waals surface area contributed by atoms with Gasteiger partial charge in [0.2, 0.25) is 5.91 Å². The minimum absolute atomic E-state index is 0.0609. The van der Waals surface area contributed by atoms with E-state index in [-0.39, 0.29) is 18.5 Å². The fourth-order valence-electron chi connectivity index (χ4n) is 2.47. The van der Waals surface area contributed by atoms with E-state index in [9.17, 15) is 4.79 Å². The highest BCUT2D eigenvalue weighted by atomic mass is 16.2. The maximum atomic E-state index is 11.7. The van der Waals surface area contributed by atoms with Gasteiger partial charge in [-0.2, -0.15) is 0 Å². The molecule has 0 spiro atoms. The lowest BCUT2D eigenvalue weighted by Crippen LogP contribution is -2.35. The van der Waals surface area contributed by atoms with Gasteiger partial charge in [0.25, 0.3) is 0 Å². The maximum absolute atomic E-state index is 11.7. The van der Waals surface area contributed by atoms with Crippen molar-refractivity contribution in [2.24, 2.45) is 5.73 Å². The molecule has 1 unspecified atom stereocenters. The second-order valence-corrected chi connectivity index (χ2v) is 4.31. The number of rotatable bonds is 2. The second-order valence-electron chi connectivity index (χ2n) is 4.31. The van der Waals surface area contributed by atoms with E-state index in [1.807, 2.05) is 17.0 Å². The number of benzene rings is 1. The van der Waals surface area contributed by atoms with Crippen molar-refractivity contribution in [1.82, 2.24) is 4.90 Å². The van der Waals surface area contributed by atoms with E-state index in [0.717, 1.165) is 19.4 Å². The predicted molar refractivity (Wildman–Crippen MR) is 63.9 cm³/mol. The average Bonchev–Trinajstić information content (AvgIpc) is 2.77. The standard InChI is InChI=1S/C13H18N2O/c1-10-5-2-3-6-11(10)12-7-4-8-15(12)13(16)9-14/h2-3,5-6,12H,4,7-9,14H2,1H3. The van der Waals surface area contributed by atoms with Crippen LogP contribution in [0.1, 0.15) is 30.0 Å². The average molecular weight is 218 g/mol. The van der Waals surface area contributed by atoms with Gasteiger partial charge in [-0.25, -0.2) is 0 Å². The third-order valence-electron chi connectivity index (χ3n) is 3.30. The van der Waals surface area contributed by atoms with E-state index in [0.29, 0.717) is 0 Å². The molecule has 1 amide bonds. The Balaban J connectivity index is 2.27. The maximum Gasteiger partial charge on any atom is 0.236 e. The van der Waals surface area contributed by atoms with Crippen LogP contribution in [-0.2, 0) is 4.79 Å². The van der Waals surface area contributed by atoms with Crippen molar-refractivity contribution in [3.63, 3.8) is 0 Å². The number of carbonyl (C=O) groups is 1. The normalized spacial score (nSPS) is 20.1. The third-order valence-corrected chi connectivity index (χ3v) is 3.30. The molecule has 1 heterocycles. The molecule has 3 nitrogen and oxygen atoms in total. The van der Waals surface area contributed by atoms with Gasteiger partial charge in [0.15, 0.2) is 0 Å². The van der Waals surface area contributed by atoms with Gasteiger partial charge < -0.3 is 10.6 Å². The predicted octanol–water partition coefficient (Wildman–Crippen LogP) is 1.62. The van der Waals surface area contributed by atoms with Crippen molar-refractivity contribution < 1.29 is 4.79 Å². The first-order valence-corrected chi connectivity index (χ1v) is 5.79. The topological polar surface area (TPSA) is 46.3 Å². The zero-order valence-electron chi connectivity index (χ0n) is 9.65. The van der Waals surface area contributed by atoms with Gasteiger partial charge in [0.1, 0.15) is 0 Å². The zero-order chi connectivity index (χ0) is 11.5. The van der Waals surface area contributed by atoms with Crippen LogP contribution in [0.15, 0.2) is 24.3 Å². The highest BCUT2D eigenvalue weighted by Crippen LogP contribution is 2.33. The van der Waals surface area contributed by atoms with E-state index >= 15 is 0 Å². The molecule has 0 radical (unpaired) electrons. The van der Waals surface area contributed by atoms with Crippen LogP contribution in [0.5, 0.6) is 0 Å². The van der Waals surface area contributed by atoms with E-state index in [1.54, 1.807) is 0 Å². The molecule has 0 aromatic heterocycles. The Bertz CT molecular complexity index is 389. The lowest BCUT2D eigenvalue weighted by Gasteiger charge is -2.25. The van der Waals surface area contributed by atoms with Crippen molar-refractivity contribution >= 4 is 5.91 Å². The van der Waals surface area contributed by atoms with E-state index in [2.05, 4.69) is 19.1 Å². The molecule has 86 valence electrons. The minimum Gasteiger partial charge on any atom is -0.335 e. The fraction of sp³-hybridized carbons (Fsp3) is 0.462. The summed E-state index contributed by atoms with van der Waals surface area (Å²) in [6, 6.07) is 8.51. The molecule has 16 heavy (non-hydrogen) atoms. The van der Waals surface area contributed by atoms with Crippen LogP contribution in [0.3, 0.4) is 0 Å². The highest BCUT2D eigenvalue weighted by molar-refractivity contribution is 5.78. The number of likely N-dealkylation sites (tertiary alicyclic amines) is 1. The molecule has 3 heteroatoms. The molecule has 0 bridgehead atoms. The number of carbonyl (C=O) groups excluding carboxylic acids is 1. The molecule has 0 aliphatic carbocycles. The van der Waals surface area contributed by atoms with E-state index < -0.39 is 0 Å². The Morgan fingerprint density at radius 1 is 1.50 bits per heavy atom. The molecule has 2 rings (SSSR count). The van der Waals surface area contributed by atoms with E-state index in [1.165, 1.54) is 11.1 Å². The lowest BCUT2D eigenvalue weighted by molar-refractivity contribution is -0.130. The van der Waals surface area contributed by atoms with Crippen molar-refractivity contribution in [3.05, 3.63) is 35.4 Å². The summed E-state index contributed by atoms with van der Waals surface area (Å²) in [5.74, 6) is 0.0609. The van der Waals surface area contributed by atoms with Crippen molar-refractivity contribution in [3.8, 4) is 0 Å². The highest BCUT2D eigenvalue weighted by Gasteiger charge is 2.29. The number of amides is 1.